The van der Waals surface area contributed by atoms with E-state index < -0.39 is 24.0 Å². The Morgan fingerprint density at radius 3 is 2.68 bits per heavy atom. The highest BCUT2D eigenvalue weighted by Gasteiger charge is 2.42. The Morgan fingerprint density at radius 2 is 1.92 bits per heavy atom. The predicted octanol–water partition coefficient (Wildman–Crippen LogP) is 3.83. The Hall–Kier alpha value is -4.22. The van der Waals surface area contributed by atoms with Crippen molar-refractivity contribution in [1.29, 1.82) is 0 Å². The molecule has 188 valence electrons. The van der Waals surface area contributed by atoms with Crippen molar-refractivity contribution in [2.75, 3.05) is 0 Å². The summed E-state index contributed by atoms with van der Waals surface area (Å²) in [5.41, 5.74) is 3.17. The summed E-state index contributed by atoms with van der Waals surface area (Å²) in [7, 11) is 0. The van der Waals surface area contributed by atoms with Crippen LogP contribution in [0.15, 0.2) is 52.4 Å². The highest BCUT2D eigenvalue weighted by molar-refractivity contribution is 5.84. The van der Waals surface area contributed by atoms with E-state index in [0.29, 0.717) is 16.9 Å². The van der Waals surface area contributed by atoms with E-state index in [0.717, 1.165) is 46.2 Å². The van der Waals surface area contributed by atoms with Crippen LogP contribution < -0.4 is 11.2 Å². The molecule has 0 saturated heterocycles. The van der Waals surface area contributed by atoms with Crippen molar-refractivity contribution in [3.8, 4) is 11.3 Å². The zero-order valence-corrected chi connectivity index (χ0v) is 19.3. The summed E-state index contributed by atoms with van der Waals surface area (Å²) in [5, 5.41) is 9.60. The Balaban J connectivity index is 1.28. The molecule has 37 heavy (non-hydrogen) atoms. The van der Waals surface area contributed by atoms with E-state index in [4.69, 9.17) is 0 Å². The van der Waals surface area contributed by atoms with Gasteiger partial charge in [-0.25, -0.2) is 14.3 Å². The van der Waals surface area contributed by atoms with Gasteiger partial charge in [-0.3, -0.25) is 14.5 Å². The molecule has 0 aliphatic heterocycles. The molecule has 0 bridgehead atoms. The fourth-order valence-electron chi connectivity index (χ4n) is 5.25. The van der Waals surface area contributed by atoms with Crippen LogP contribution in [-0.2, 0) is 6.54 Å². The lowest BCUT2D eigenvalue weighted by molar-refractivity contribution is -0.141. The lowest BCUT2D eigenvalue weighted by Crippen LogP contribution is -2.23. The Morgan fingerprint density at radius 1 is 1.08 bits per heavy atom. The van der Waals surface area contributed by atoms with E-state index in [9.17, 15) is 22.8 Å². The summed E-state index contributed by atoms with van der Waals surface area (Å²) in [4.78, 5) is 32.9. The number of nitrogens with zero attached hydrogens (tertiary/aromatic N) is 5. The third kappa shape index (κ3) is 3.83. The van der Waals surface area contributed by atoms with Crippen LogP contribution >= 0.6 is 0 Å². The number of fused-ring (bicyclic) bond motifs is 2. The number of H-pyrrole nitrogens is 2. The molecule has 2 fully saturated rings. The molecule has 9 nitrogen and oxygen atoms in total. The number of aromatic amines is 2. The van der Waals surface area contributed by atoms with Crippen molar-refractivity contribution < 1.29 is 13.2 Å². The third-order valence-electron chi connectivity index (χ3n) is 7.20. The number of benzene rings is 1. The van der Waals surface area contributed by atoms with Crippen LogP contribution in [0, 0.1) is 0 Å². The van der Waals surface area contributed by atoms with E-state index in [1.807, 2.05) is 18.2 Å². The molecular formula is C25H20F3N7O2. The SMILES string of the molecule is O=c1[nH]cc(-c2cc([C@H]3C[C@@H]3c3ccc4c(C5CC5)nn(CC(F)(F)F)c4c3)c3nccn3n2)c(=O)[nH]1. The minimum atomic E-state index is -4.36. The van der Waals surface area contributed by atoms with Crippen LogP contribution in [0.1, 0.15) is 53.8 Å². The summed E-state index contributed by atoms with van der Waals surface area (Å²) in [6.07, 6.45) is 2.94. The topological polar surface area (TPSA) is 114 Å². The number of rotatable bonds is 5. The van der Waals surface area contributed by atoms with Gasteiger partial charge in [0.25, 0.3) is 5.56 Å². The fraction of sp³-hybridized carbons (Fsp3) is 0.320. The maximum absolute atomic E-state index is 13.3. The monoisotopic (exact) mass is 507 g/mol. The van der Waals surface area contributed by atoms with Crippen molar-refractivity contribution in [2.45, 2.75) is 49.7 Å². The first-order chi connectivity index (χ1) is 17.7. The molecule has 5 aromatic rings. The van der Waals surface area contributed by atoms with Gasteiger partial charge >= 0.3 is 11.9 Å². The predicted molar refractivity (Wildman–Crippen MR) is 128 cm³/mol. The first-order valence-electron chi connectivity index (χ1n) is 12.0. The molecular weight excluding hydrogens is 487 g/mol. The zero-order chi connectivity index (χ0) is 25.5. The van der Waals surface area contributed by atoms with Crippen LogP contribution in [-0.4, -0.2) is 40.5 Å². The van der Waals surface area contributed by atoms with E-state index in [-0.39, 0.29) is 23.3 Å². The standard InChI is InChI=1S/C25H20F3N7O2/c26-25(27,28)11-35-20-7-13(3-4-14(20)21(33-35)12-1-2-12)15-8-16(15)17-9-19(32-34-6-5-29-22(17)34)18-10-30-24(37)31-23(18)36/h3-7,9-10,12,15-16H,1-2,8,11H2,(H2,30,31,36,37)/t15-,16+/m1/s1. The number of imidazole rings is 1. The minimum absolute atomic E-state index is 0.0489. The first kappa shape index (κ1) is 22.0. The second-order valence-electron chi connectivity index (χ2n) is 9.82. The van der Waals surface area contributed by atoms with Gasteiger partial charge in [0.1, 0.15) is 6.54 Å². The molecule has 4 heterocycles. The van der Waals surface area contributed by atoms with Crippen LogP contribution in [0.3, 0.4) is 0 Å². The molecule has 0 spiro atoms. The fourth-order valence-corrected chi connectivity index (χ4v) is 5.25. The number of nitrogens with one attached hydrogen (secondary N) is 2. The van der Waals surface area contributed by atoms with E-state index >= 15 is 0 Å². The number of halogens is 3. The second-order valence-corrected chi connectivity index (χ2v) is 9.82. The quantitative estimate of drug-likeness (QED) is 0.375. The summed E-state index contributed by atoms with van der Waals surface area (Å²) in [5.74, 6) is 0.358. The Kier molecular flexibility index (Phi) is 4.55. The summed E-state index contributed by atoms with van der Waals surface area (Å²) in [6.45, 7) is -1.12. The van der Waals surface area contributed by atoms with Gasteiger partial charge in [0, 0.05) is 35.5 Å². The van der Waals surface area contributed by atoms with E-state index in [1.54, 1.807) is 23.0 Å². The van der Waals surface area contributed by atoms with Gasteiger partial charge in [0.2, 0.25) is 0 Å². The smallest absolute Gasteiger partial charge is 0.313 e. The molecule has 0 unspecified atom stereocenters. The van der Waals surface area contributed by atoms with Gasteiger partial charge in [-0.05, 0) is 48.8 Å². The zero-order valence-electron chi connectivity index (χ0n) is 19.3. The lowest BCUT2D eigenvalue weighted by Gasteiger charge is -2.09. The van der Waals surface area contributed by atoms with Gasteiger partial charge in [-0.15, -0.1) is 0 Å². The third-order valence-corrected chi connectivity index (χ3v) is 7.20. The van der Waals surface area contributed by atoms with Gasteiger partial charge in [0.05, 0.1) is 22.5 Å². The normalized spacial score (nSPS) is 19.6. The molecule has 1 aromatic carbocycles. The van der Waals surface area contributed by atoms with Crippen molar-refractivity contribution in [1.82, 2.24) is 34.3 Å². The van der Waals surface area contributed by atoms with Crippen LogP contribution in [0.5, 0.6) is 0 Å². The largest absolute Gasteiger partial charge is 0.408 e. The number of hydrogen-bond acceptors (Lipinski definition) is 5. The molecule has 0 radical (unpaired) electrons. The molecule has 7 rings (SSSR count). The molecule has 4 aromatic heterocycles. The van der Waals surface area contributed by atoms with Gasteiger partial charge in [-0.1, -0.05) is 12.1 Å². The molecule has 2 N–H and O–H groups in total. The highest BCUT2D eigenvalue weighted by atomic mass is 19.4. The van der Waals surface area contributed by atoms with Crippen LogP contribution in [0.4, 0.5) is 13.2 Å². The number of alkyl halides is 3. The highest BCUT2D eigenvalue weighted by Crippen LogP contribution is 2.56. The average molecular weight is 507 g/mol. The summed E-state index contributed by atoms with van der Waals surface area (Å²) >= 11 is 0. The molecule has 12 heteroatoms. The van der Waals surface area contributed by atoms with E-state index in [2.05, 4.69) is 25.1 Å². The lowest BCUT2D eigenvalue weighted by atomic mass is 10.0. The first-order valence-corrected chi connectivity index (χ1v) is 12.0. The van der Waals surface area contributed by atoms with Crippen LogP contribution in [0.25, 0.3) is 27.8 Å². The maximum atomic E-state index is 13.3. The number of aromatic nitrogens is 7. The maximum Gasteiger partial charge on any atom is 0.408 e. The number of hydrogen-bond donors (Lipinski definition) is 2. The van der Waals surface area contributed by atoms with Crippen molar-refractivity contribution in [3.05, 3.63) is 80.5 Å². The van der Waals surface area contributed by atoms with Crippen molar-refractivity contribution in [3.63, 3.8) is 0 Å². The van der Waals surface area contributed by atoms with Crippen molar-refractivity contribution in [2.24, 2.45) is 0 Å². The van der Waals surface area contributed by atoms with Gasteiger partial charge in [0.15, 0.2) is 5.65 Å². The van der Waals surface area contributed by atoms with Crippen LogP contribution in [0.2, 0.25) is 0 Å². The minimum Gasteiger partial charge on any atom is -0.313 e. The second kappa shape index (κ2) is 7.64. The Bertz CT molecular complexity index is 1810. The average Bonchev–Trinajstić information content (AvgIpc) is 3.76. The summed E-state index contributed by atoms with van der Waals surface area (Å²) in [6, 6.07) is 7.52. The molecule has 2 saturated carbocycles. The van der Waals surface area contributed by atoms with Crippen molar-refractivity contribution >= 4 is 16.6 Å². The van der Waals surface area contributed by atoms with E-state index in [1.165, 1.54) is 6.20 Å². The Labute approximate surface area is 206 Å². The van der Waals surface area contributed by atoms with Gasteiger partial charge < -0.3 is 4.98 Å². The molecule has 2 aliphatic carbocycles. The molecule has 2 aliphatic rings. The summed E-state index contributed by atoms with van der Waals surface area (Å²) < 4.78 is 42.5. The van der Waals surface area contributed by atoms with Gasteiger partial charge in [-0.2, -0.15) is 23.4 Å². The molecule has 0 amide bonds. The molecule has 2 atom stereocenters.